The van der Waals surface area contributed by atoms with Crippen LogP contribution in [-0.4, -0.2) is 39.3 Å². The molecule has 0 saturated heterocycles. The van der Waals surface area contributed by atoms with Gasteiger partial charge in [-0.25, -0.2) is 4.39 Å². The van der Waals surface area contributed by atoms with Crippen molar-refractivity contribution in [1.29, 1.82) is 0 Å². The van der Waals surface area contributed by atoms with E-state index in [-0.39, 0.29) is 29.6 Å². The summed E-state index contributed by atoms with van der Waals surface area (Å²) in [6, 6.07) is 20.3. The van der Waals surface area contributed by atoms with Gasteiger partial charge >= 0.3 is 0 Å². The topological polar surface area (TPSA) is 45.6 Å². The molecule has 0 N–H and O–H groups in total. The van der Waals surface area contributed by atoms with Gasteiger partial charge in [0, 0.05) is 37.9 Å². The van der Waals surface area contributed by atoms with Gasteiger partial charge in [-0.05, 0) is 47.2 Å². The maximum absolute atomic E-state index is 13.6. The molecule has 0 saturated carbocycles. The van der Waals surface area contributed by atoms with Crippen molar-refractivity contribution in [1.82, 2.24) is 14.4 Å². The standard InChI is InChI=1S/C30H38FN3O2/c1-5-17-33(28(35)19-30(2,3)4)23-29(36)34(21-24-10-7-6-8-11-24)22-27-12-9-18-32(27)20-25-13-15-26(31)16-14-25/h6-16,18H,5,17,19-23H2,1-4H3. The minimum absolute atomic E-state index is 0.0112. The van der Waals surface area contributed by atoms with Gasteiger partial charge in [0.05, 0.1) is 13.1 Å². The van der Waals surface area contributed by atoms with Crippen molar-refractivity contribution >= 4 is 11.8 Å². The van der Waals surface area contributed by atoms with Crippen molar-refractivity contribution in [3.8, 4) is 0 Å². The molecule has 0 unspecified atom stereocenters. The highest BCUT2D eigenvalue weighted by Gasteiger charge is 2.25. The number of halogens is 1. The van der Waals surface area contributed by atoms with Gasteiger partial charge in [0.2, 0.25) is 11.8 Å². The summed E-state index contributed by atoms with van der Waals surface area (Å²) in [5.74, 6) is -0.329. The zero-order valence-corrected chi connectivity index (χ0v) is 21.9. The number of nitrogens with zero attached hydrogens (tertiary/aromatic N) is 3. The molecule has 2 aromatic carbocycles. The van der Waals surface area contributed by atoms with E-state index in [1.54, 1.807) is 17.0 Å². The van der Waals surface area contributed by atoms with E-state index >= 15 is 0 Å². The van der Waals surface area contributed by atoms with Crippen molar-refractivity contribution in [2.75, 3.05) is 13.1 Å². The van der Waals surface area contributed by atoms with E-state index in [9.17, 15) is 14.0 Å². The molecule has 3 rings (SSSR count). The summed E-state index contributed by atoms with van der Waals surface area (Å²) < 4.78 is 15.4. The molecule has 0 fully saturated rings. The first-order chi connectivity index (χ1) is 17.1. The number of rotatable bonds is 11. The second-order valence-corrected chi connectivity index (χ2v) is 10.5. The van der Waals surface area contributed by atoms with Crippen LogP contribution in [0.25, 0.3) is 0 Å². The van der Waals surface area contributed by atoms with E-state index in [0.717, 1.165) is 23.2 Å². The SMILES string of the molecule is CCCN(CC(=O)N(Cc1ccccc1)Cc1cccn1Cc1ccc(F)cc1)C(=O)CC(C)(C)C. The lowest BCUT2D eigenvalue weighted by atomic mass is 9.91. The number of hydrogen-bond acceptors (Lipinski definition) is 2. The molecule has 0 aliphatic rings. The number of benzene rings is 2. The van der Waals surface area contributed by atoms with E-state index in [4.69, 9.17) is 0 Å². The van der Waals surface area contributed by atoms with Gasteiger partial charge in [-0.2, -0.15) is 0 Å². The smallest absolute Gasteiger partial charge is 0.242 e. The van der Waals surface area contributed by atoms with Crippen molar-refractivity contribution in [3.05, 3.63) is 95.6 Å². The average Bonchev–Trinajstić information content (AvgIpc) is 3.25. The molecule has 1 heterocycles. The Morgan fingerprint density at radius 3 is 2.17 bits per heavy atom. The molecule has 192 valence electrons. The van der Waals surface area contributed by atoms with Gasteiger partial charge in [0.25, 0.3) is 0 Å². The lowest BCUT2D eigenvalue weighted by Crippen LogP contribution is -2.43. The molecule has 0 radical (unpaired) electrons. The number of carbonyl (C=O) groups excluding carboxylic acids is 2. The Bertz CT molecular complexity index is 1120. The fourth-order valence-electron chi connectivity index (χ4n) is 4.16. The lowest BCUT2D eigenvalue weighted by molar-refractivity contribution is -0.142. The fourth-order valence-corrected chi connectivity index (χ4v) is 4.16. The highest BCUT2D eigenvalue weighted by Crippen LogP contribution is 2.20. The number of hydrogen-bond donors (Lipinski definition) is 0. The van der Waals surface area contributed by atoms with Gasteiger partial charge in [-0.3, -0.25) is 9.59 Å². The first-order valence-electron chi connectivity index (χ1n) is 12.6. The van der Waals surface area contributed by atoms with E-state index in [0.29, 0.717) is 32.6 Å². The molecule has 0 spiro atoms. The monoisotopic (exact) mass is 491 g/mol. The van der Waals surface area contributed by atoms with Crippen molar-refractivity contribution in [2.24, 2.45) is 5.41 Å². The van der Waals surface area contributed by atoms with Crippen LogP contribution >= 0.6 is 0 Å². The summed E-state index contributed by atoms with van der Waals surface area (Å²) in [4.78, 5) is 30.1. The van der Waals surface area contributed by atoms with Gasteiger partial charge in [0.1, 0.15) is 5.82 Å². The third-order valence-corrected chi connectivity index (χ3v) is 5.97. The molecule has 2 amide bonds. The normalized spacial score (nSPS) is 11.4. The van der Waals surface area contributed by atoms with E-state index < -0.39 is 0 Å². The molecule has 0 aliphatic heterocycles. The Hall–Kier alpha value is -3.41. The summed E-state index contributed by atoms with van der Waals surface area (Å²) in [5.41, 5.74) is 2.85. The molecule has 0 aliphatic carbocycles. The highest BCUT2D eigenvalue weighted by molar-refractivity contribution is 5.85. The molecule has 5 nitrogen and oxygen atoms in total. The largest absolute Gasteiger partial charge is 0.345 e. The first-order valence-corrected chi connectivity index (χ1v) is 12.6. The molecular weight excluding hydrogens is 453 g/mol. The summed E-state index contributed by atoms with van der Waals surface area (Å²) in [5, 5.41) is 0. The Morgan fingerprint density at radius 1 is 0.833 bits per heavy atom. The molecule has 36 heavy (non-hydrogen) atoms. The zero-order valence-electron chi connectivity index (χ0n) is 21.9. The van der Waals surface area contributed by atoms with Gasteiger partial charge in [-0.15, -0.1) is 0 Å². The Kier molecular flexibility index (Phi) is 9.45. The van der Waals surface area contributed by atoms with Crippen LogP contribution in [0.5, 0.6) is 0 Å². The Morgan fingerprint density at radius 2 is 1.53 bits per heavy atom. The van der Waals surface area contributed by atoms with E-state index in [1.165, 1.54) is 12.1 Å². The molecule has 0 atom stereocenters. The van der Waals surface area contributed by atoms with Gasteiger partial charge in [0.15, 0.2) is 0 Å². The number of amides is 2. The van der Waals surface area contributed by atoms with E-state index in [2.05, 4.69) is 4.57 Å². The molecule has 1 aromatic heterocycles. The second kappa shape index (κ2) is 12.5. The van der Waals surface area contributed by atoms with Crippen LogP contribution in [0.1, 0.15) is 57.4 Å². The molecule has 6 heteroatoms. The third kappa shape index (κ3) is 8.36. The maximum Gasteiger partial charge on any atom is 0.242 e. The highest BCUT2D eigenvalue weighted by atomic mass is 19.1. The predicted molar refractivity (Wildman–Crippen MR) is 142 cm³/mol. The van der Waals surface area contributed by atoms with Crippen LogP contribution < -0.4 is 0 Å². The lowest BCUT2D eigenvalue weighted by Gasteiger charge is -2.30. The first kappa shape index (κ1) is 27.2. The van der Waals surface area contributed by atoms with Crippen LogP contribution in [-0.2, 0) is 29.2 Å². The summed E-state index contributed by atoms with van der Waals surface area (Å²) >= 11 is 0. The fraction of sp³-hybridized carbons (Fsp3) is 0.400. The van der Waals surface area contributed by atoms with Crippen molar-refractivity contribution < 1.29 is 14.0 Å². The van der Waals surface area contributed by atoms with Crippen molar-refractivity contribution in [3.63, 3.8) is 0 Å². The van der Waals surface area contributed by atoms with E-state index in [1.807, 2.05) is 81.3 Å². The summed E-state index contributed by atoms with van der Waals surface area (Å²) in [7, 11) is 0. The average molecular weight is 492 g/mol. The maximum atomic E-state index is 13.6. The Balaban J connectivity index is 1.80. The van der Waals surface area contributed by atoms with Crippen LogP contribution in [0.15, 0.2) is 72.9 Å². The van der Waals surface area contributed by atoms with Gasteiger partial charge < -0.3 is 14.4 Å². The zero-order chi connectivity index (χ0) is 26.1. The van der Waals surface area contributed by atoms with Crippen LogP contribution in [0.4, 0.5) is 4.39 Å². The minimum atomic E-state index is -0.260. The van der Waals surface area contributed by atoms with Crippen LogP contribution in [0, 0.1) is 11.2 Å². The van der Waals surface area contributed by atoms with Crippen LogP contribution in [0.3, 0.4) is 0 Å². The Labute approximate surface area is 214 Å². The van der Waals surface area contributed by atoms with Gasteiger partial charge in [-0.1, -0.05) is 70.2 Å². The number of aromatic nitrogens is 1. The quantitative estimate of drug-likeness (QED) is 0.336. The summed E-state index contributed by atoms with van der Waals surface area (Å²) in [6.45, 7) is 10.2. The second-order valence-electron chi connectivity index (χ2n) is 10.5. The molecule has 0 bridgehead atoms. The number of carbonyl (C=O) groups is 2. The summed E-state index contributed by atoms with van der Waals surface area (Å²) in [6.07, 6.45) is 3.17. The third-order valence-electron chi connectivity index (χ3n) is 5.97. The van der Waals surface area contributed by atoms with Crippen molar-refractivity contribution in [2.45, 2.75) is 60.2 Å². The molecule has 3 aromatic rings. The molecular formula is C30H38FN3O2. The van der Waals surface area contributed by atoms with Crippen LogP contribution in [0.2, 0.25) is 0 Å². The minimum Gasteiger partial charge on any atom is -0.345 e. The predicted octanol–water partition coefficient (Wildman–Crippen LogP) is 5.88.